The van der Waals surface area contributed by atoms with Crippen molar-refractivity contribution in [3.05, 3.63) is 29.8 Å². The number of rotatable bonds is 5. The van der Waals surface area contributed by atoms with E-state index in [0.717, 1.165) is 39.3 Å². The van der Waals surface area contributed by atoms with E-state index in [0.29, 0.717) is 0 Å². The molecule has 2 rings (SSSR count). The predicted octanol–water partition coefficient (Wildman–Crippen LogP) is 0.862. The molecule has 0 spiro atoms. The van der Waals surface area contributed by atoms with E-state index < -0.39 is 0 Å². The summed E-state index contributed by atoms with van der Waals surface area (Å²) in [5.74, 6) is 0. The van der Waals surface area contributed by atoms with Crippen LogP contribution in [0.3, 0.4) is 0 Å². The summed E-state index contributed by atoms with van der Waals surface area (Å²) in [6, 6.07) is 8.79. The highest BCUT2D eigenvalue weighted by molar-refractivity contribution is 5.45. The van der Waals surface area contributed by atoms with Crippen LogP contribution in [0.4, 0.5) is 5.69 Å². The number of aliphatic hydroxyl groups is 1. The van der Waals surface area contributed by atoms with Crippen molar-refractivity contribution in [1.29, 1.82) is 0 Å². The predicted molar refractivity (Wildman–Crippen MR) is 79.6 cm³/mol. The SMILES string of the molecule is CN(C)c1ccc(CN2CCN(CCO)CC2)cc1. The zero-order valence-corrected chi connectivity index (χ0v) is 12.0. The van der Waals surface area contributed by atoms with Crippen molar-refractivity contribution in [2.75, 3.05) is 58.3 Å². The minimum atomic E-state index is 0.270. The van der Waals surface area contributed by atoms with E-state index >= 15 is 0 Å². The van der Waals surface area contributed by atoms with Gasteiger partial charge in [0, 0.05) is 59.1 Å². The number of benzene rings is 1. The molecular formula is C15H25N3O. The van der Waals surface area contributed by atoms with Gasteiger partial charge in [0.25, 0.3) is 0 Å². The van der Waals surface area contributed by atoms with Crippen LogP contribution in [0.15, 0.2) is 24.3 Å². The van der Waals surface area contributed by atoms with Crippen LogP contribution in [0.1, 0.15) is 5.56 Å². The van der Waals surface area contributed by atoms with Gasteiger partial charge in [0.15, 0.2) is 0 Å². The van der Waals surface area contributed by atoms with E-state index in [1.165, 1.54) is 11.3 Å². The molecule has 1 fully saturated rings. The molecule has 0 bridgehead atoms. The number of hydrogen-bond donors (Lipinski definition) is 1. The first-order chi connectivity index (χ1) is 9.19. The van der Waals surface area contributed by atoms with Gasteiger partial charge in [0.2, 0.25) is 0 Å². The van der Waals surface area contributed by atoms with Gasteiger partial charge in [-0.05, 0) is 17.7 Å². The third-order valence-corrected chi connectivity index (χ3v) is 3.74. The Labute approximate surface area is 116 Å². The molecule has 0 unspecified atom stereocenters. The average Bonchev–Trinajstić information content (AvgIpc) is 2.42. The second-order valence-electron chi connectivity index (χ2n) is 5.40. The summed E-state index contributed by atoms with van der Waals surface area (Å²) in [6.45, 7) is 6.43. The molecule has 0 radical (unpaired) electrons. The quantitative estimate of drug-likeness (QED) is 0.853. The fraction of sp³-hybridized carbons (Fsp3) is 0.600. The van der Waals surface area contributed by atoms with Gasteiger partial charge in [-0.2, -0.15) is 0 Å². The van der Waals surface area contributed by atoms with E-state index in [2.05, 4.69) is 53.1 Å². The maximum atomic E-state index is 8.93. The molecule has 0 saturated carbocycles. The third-order valence-electron chi connectivity index (χ3n) is 3.74. The Morgan fingerprint density at radius 1 is 1.00 bits per heavy atom. The molecule has 1 N–H and O–H groups in total. The van der Waals surface area contributed by atoms with Crippen LogP contribution in [0.5, 0.6) is 0 Å². The van der Waals surface area contributed by atoms with Crippen molar-refractivity contribution >= 4 is 5.69 Å². The summed E-state index contributed by atoms with van der Waals surface area (Å²) in [7, 11) is 4.13. The Bertz CT molecular complexity index is 369. The molecular weight excluding hydrogens is 238 g/mol. The van der Waals surface area contributed by atoms with Crippen molar-refractivity contribution < 1.29 is 5.11 Å². The van der Waals surface area contributed by atoms with Crippen LogP contribution in [0.25, 0.3) is 0 Å². The van der Waals surface area contributed by atoms with Crippen LogP contribution in [-0.2, 0) is 6.54 Å². The summed E-state index contributed by atoms with van der Waals surface area (Å²) in [5.41, 5.74) is 2.62. The second-order valence-corrected chi connectivity index (χ2v) is 5.40. The zero-order valence-electron chi connectivity index (χ0n) is 12.0. The van der Waals surface area contributed by atoms with E-state index in [1.807, 2.05) is 0 Å². The number of anilines is 1. The fourth-order valence-corrected chi connectivity index (χ4v) is 2.47. The van der Waals surface area contributed by atoms with Crippen molar-refractivity contribution in [1.82, 2.24) is 9.80 Å². The van der Waals surface area contributed by atoms with Crippen LogP contribution in [-0.4, -0.2) is 68.3 Å². The number of aliphatic hydroxyl groups excluding tert-OH is 1. The molecule has 1 aromatic rings. The minimum Gasteiger partial charge on any atom is -0.395 e. The van der Waals surface area contributed by atoms with Crippen LogP contribution >= 0.6 is 0 Å². The van der Waals surface area contributed by atoms with E-state index in [1.54, 1.807) is 0 Å². The van der Waals surface area contributed by atoms with Crippen molar-refractivity contribution in [2.45, 2.75) is 6.54 Å². The molecule has 4 nitrogen and oxygen atoms in total. The highest BCUT2D eigenvalue weighted by Crippen LogP contribution is 2.14. The molecule has 1 aliphatic heterocycles. The minimum absolute atomic E-state index is 0.270. The van der Waals surface area contributed by atoms with Gasteiger partial charge in [0.05, 0.1) is 6.61 Å². The molecule has 0 amide bonds. The van der Waals surface area contributed by atoms with Gasteiger partial charge < -0.3 is 10.0 Å². The largest absolute Gasteiger partial charge is 0.395 e. The van der Waals surface area contributed by atoms with Gasteiger partial charge in [-0.3, -0.25) is 9.80 Å². The Kier molecular flexibility index (Phi) is 5.19. The lowest BCUT2D eigenvalue weighted by Gasteiger charge is -2.34. The first-order valence-electron chi connectivity index (χ1n) is 7.01. The third kappa shape index (κ3) is 4.20. The summed E-state index contributed by atoms with van der Waals surface area (Å²) in [4.78, 5) is 6.93. The van der Waals surface area contributed by atoms with Crippen molar-refractivity contribution in [3.8, 4) is 0 Å². The molecule has 1 aromatic carbocycles. The molecule has 0 aromatic heterocycles. The molecule has 0 atom stereocenters. The standard InChI is InChI=1S/C15H25N3O/c1-16(2)15-5-3-14(4-6-15)13-18-9-7-17(8-10-18)11-12-19/h3-6,19H,7-13H2,1-2H3. The van der Waals surface area contributed by atoms with Crippen LogP contribution in [0.2, 0.25) is 0 Å². The highest BCUT2D eigenvalue weighted by atomic mass is 16.3. The van der Waals surface area contributed by atoms with Gasteiger partial charge in [-0.25, -0.2) is 0 Å². The topological polar surface area (TPSA) is 30.0 Å². The molecule has 19 heavy (non-hydrogen) atoms. The smallest absolute Gasteiger partial charge is 0.0558 e. The number of nitrogens with zero attached hydrogens (tertiary/aromatic N) is 3. The lowest BCUT2D eigenvalue weighted by molar-refractivity contribution is 0.108. The first-order valence-corrected chi connectivity index (χ1v) is 7.01. The maximum absolute atomic E-state index is 8.93. The lowest BCUT2D eigenvalue weighted by atomic mass is 10.1. The lowest BCUT2D eigenvalue weighted by Crippen LogP contribution is -2.46. The van der Waals surface area contributed by atoms with Crippen molar-refractivity contribution in [3.63, 3.8) is 0 Å². The van der Waals surface area contributed by atoms with E-state index in [9.17, 15) is 0 Å². The Morgan fingerprint density at radius 3 is 2.11 bits per heavy atom. The summed E-state index contributed by atoms with van der Waals surface area (Å²) < 4.78 is 0. The zero-order chi connectivity index (χ0) is 13.7. The maximum Gasteiger partial charge on any atom is 0.0558 e. The Hall–Kier alpha value is -1.10. The van der Waals surface area contributed by atoms with Crippen LogP contribution in [0, 0.1) is 0 Å². The molecule has 4 heteroatoms. The van der Waals surface area contributed by atoms with Gasteiger partial charge in [-0.15, -0.1) is 0 Å². The molecule has 1 heterocycles. The van der Waals surface area contributed by atoms with Crippen LogP contribution < -0.4 is 4.90 Å². The Morgan fingerprint density at radius 2 is 1.58 bits per heavy atom. The van der Waals surface area contributed by atoms with Crippen molar-refractivity contribution in [2.24, 2.45) is 0 Å². The van der Waals surface area contributed by atoms with Gasteiger partial charge in [-0.1, -0.05) is 12.1 Å². The molecule has 1 saturated heterocycles. The first kappa shape index (κ1) is 14.3. The average molecular weight is 263 g/mol. The number of β-amino-alcohol motifs (C(OH)–C–C–N with tert-alkyl or cyclic N) is 1. The monoisotopic (exact) mass is 263 g/mol. The molecule has 1 aliphatic rings. The van der Waals surface area contributed by atoms with E-state index in [-0.39, 0.29) is 6.61 Å². The fourth-order valence-electron chi connectivity index (χ4n) is 2.47. The second kappa shape index (κ2) is 6.89. The summed E-state index contributed by atoms with van der Waals surface area (Å²) >= 11 is 0. The Balaban J connectivity index is 1.82. The van der Waals surface area contributed by atoms with Gasteiger partial charge >= 0.3 is 0 Å². The number of piperazine rings is 1. The number of hydrogen-bond acceptors (Lipinski definition) is 4. The molecule has 0 aliphatic carbocycles. The molecule has 106 valence electrons. The van der Waals surface area contributed by atoms with Gasteiger partial charge in [0.1, 0.15) is 0 Å². The highest BCUT2D eigenvalue weighted by Gasteiger charge is 2.16. The van der Waals surface area contributed by atoms with E-state index in [4.69, 9.17) is 5.11 Å². The summed E-state index contributed by atoms with van der Waals surface area (Å²) in [5, 5.41) is 8.93. The summed E-state index contributed by atoms with van der Waals surface area (Å²) in [6.07, 6.45) is 0. The normalized spacial score (nSPS) is 17.6.